The maximum atomic E-state index is 7.09. The molecule has 3 fully saturated rings. The molecule has 0 aliphatic heterocycles. The SMILES string of the molecule is N=C(N)CC12CC(C1)C2. The van der Waals surface area contributed by atoms with E-state index in [1.54, 1.807) is 0 Å². The summed E-state index contributed by atoms with van der Waals surface area (Å²) in [7, 11) is 0. The number of hydrogen-bond donors (Lipinski definition) is 2. The first kappa shape index (κ1) is 5.27. The summed E-state index contributed by atoms with van der Waals surface area (Å²) in [6.45, 7) is 0. The van der Waals surface area contributed by atoms with E-state index in [4.69, 9.17) is 11.1 Å². The monoisotopic (exact) mass is 124 g/mol. The van der Waals surface area contributed by atoms with Crippen LogP contribution < -0.4 is 5.73 Å². The number of amidine groups is 1. The molecule has 3 saturated carbocycles. The Morgan fingerprint density at radius 3 is 2.22 bits per heavy atom. The Morgan fingerprint density at radius 1 is 1.56 bits per heavy atom. The van der Waals surface area contributed by atoms with Gasteiger partial charge in [0.05, 0.1) is 5.84 Å². The zero-order chi connectivity index (χ0) is 6.48. The third kappa shape index (κ3) is 0.590. The molecule has 0 heterocycles. The van der Waals surface area contributed by atoms with Crippen molar-refractivity contribution >= 4 is 5.84 Å². The number of nitrogens with two attached hydrogens (primary N) is 1. The van der Waals surface area contributed by atoms with Crippen LogP contribution in [0.4, 0.5) is 0 Å². The first-order valence-electron chi connectivity index (χ1n) is 3.53. The Balaban J connectivity index is 1.92. The Bertz CT molecular complexity index is 145. The molecule has 0 amide bonds. The van der Waals surface area contributed by atoms with Gasteiger partial charge in [-0.3, -0.25) is 5.41 Å². The molecule has 0 radical (unpaired) electrons. The van der Waals surface area contributed by atoms with Crippen LogP contribution in [0.5, 0.6) is 0 Å². The summed E-state index contributed by atoms with van der Waals surface area (Å²) in [6.07, 6.45) is 4.93. The van der Waals surface area contributed by atoms with Gasteiger partial charge in [-0.2, -0.15) is 0 Å². The molecule has 50 valence electrons. The Morgan fingerprint density at radius 2 is 2.11 bits per heavy atom. The van der Waals surface area contributed by atoms with Crippen LogP contribution in [-0.2, 0) is 0 Å². The van der Waals surface area contributed by atoms with Crippen molar-refractivity contribution in [2.45, 2.75) is 25.7 Å². The Hall–Kier alpha value is -0.530. The van der Waals surface area contributed by atoms with Crippen molar-refractivity contribution in [1.82, 2.24) is 0 Å². The van der Waals surface area contributed by atoms with Gasteiger partial charge in [-0.15, -0.1) is 0 Å². The molecule has 3 rings (SSSR count). The van der Waals surface area contributed by atoms with E-state index in [2.05, 4.69) is 0 Å². The van der Waals surface area contributed by atoms with Gasteiger partial charge < -0.3 is 5.73 Å². The van der Waals surface area contributed by atoms with Gasteiger partial charge >= 0.3 is 0 Å². The highest BCUT2D eigenvalue weighted by Crippen LogP contribution is 2.66. The average molecular weight is 124 g/mol. The van der Waals surface area contributed by atoms with Crippen molar-refractivity contribution in [2.24, 2.45) is 17.1 Å². The van der Waals surface area contributed by atoms with E-state index in [0.717, 1.165) is 12.3 Å². The van der Waals surface area contributed by atoms with Gasteiger partial charge in [-0.1, -0.05) is 0 Å². The third-order valence-corrected chi connectivity index (χ3v) is 2.73. The largest absolute Gasteiger partial charge is 0.388 e. The standard InChI is InChI=1S/C7H12N2/c8-6(9)4-7-1-5(2-7)3-7/h5H,1-4H2,(H3,8,9). The molecule has 0 spiro atoms. The van der Waals surface area contributed by atoms with Gasteiger partial charge in [0.25, 0.3) is 0 Å². The molecular formula is C7H12N2. The highest BCUT2D eigenvalue weighted by atomic mass is 14.7. The lowest BCUT2D eigenvalue weighted by atomic mass is 9.43. The molecule has 0 saturated heterocycles. The predicted molar refractivity (Wildman–Crippen MR) is 36.3 cm³/mol. The molecule has 3 aliphatic carbocycles. The predicted octanol–water partition coefficient (Wildman–Crippen LogP) is 1.11. The van der Waals surface area contributed by atoms with Crippen LogP contribution in [0.15, 0.2) is 0 Å². The Kier molecular flexibility index (Phi) is 0.765. The van der Waals surface area contributed by atoms with Crippen molar-refractivity contribution in [1.29, 1.82) is 5.41 Å². The van der Waals surface area contributed by atoms with Gasteiger partial charge in [-0.05, 0) is 30.6 Å². The van der Waals surface area contributed by atoms with Crippen molar-refractivity contribution in [2.75, 3.05) is 0 Å². The van der Waals surface area contributed by atoms with Gasteiger partial charge in [0.15, 0.2) is 0 Å². The van der Waals surface area contributed by atoms with Crippen LogP contribution in [0.25, 0.3) is 0 Å². The smallest absolute Gasteiger partial charge is 0.0910 e. The summed E-state index contributed by atoms with van der Waals surface area (Å²) in [4.78, 5) is 0. The van der Waals surface area contributed by atoms with E-state index in [0.29, 0.717) is 11.3 Å². The lowest BCUT2D eigenvalue weighted by Gasteiger charge is -2.62. The molecule has 0 aromatic heterocycles. The number of hydrogen-bond acceptors (Lipinski definition) is 1. The molecular weight excluding hydrogens is 112 g/mol. The summed E-state index contributed by atoms with van der Waals surface area (Å²) in [5, 5.41) is 7.09. The molecule has 0 unspecified atom stereocenters. The maximum absolute atomic E-state index is 7.09. The van der Waals surface area contributed by atoms with E-state index < -0.39 is 0 Å². The van der Waals surface area contributed by atoms with Crippen LogP contribution in [0, 0.1) is 16.7 Å². The second-order valence-corrected chi connectivity index (χ2v) is 3.68. The lowest BCUT2D eigenvalue weighted by molar-refractivity contribution is -0.0990. The molecule has 0 aromatic rings. The van der Waals surface area contributed by atoms with E-state index in [1.165, 1.54) is 19.3 Å². The second kappa shape index (κ2) is 1.31. The minimum absolute atomic E-state index is 0.383. The third-order valence-electron chi connectivity index (χ3n) is 2.73. The van der Waals surface area contributed by atoms with Gasteiger partial charge in [0, 0.05) is 6.42 Å². The molecule has 2 bridgehead atoms. The molecule has 3 N–H and O–H groups in total. The fourth-order valence-corrected chi connectivity index (χ4v) is 2.28. The molecule has 2 nitrogen and oxygen atoms in total. The summed E-state index contributed by atoms with van der Waals surface area (Å²) in [5.41, 5.74) is 5.83. The van der Waals surface area contributed by atoms with Gasteiger partial charge in [-0.25, -0.2) is 0 Å². The zero-order valence-electron chi connectivity index (χ0n) is 5.48. The van der Waals surface area contributed by atoms with Crippen LogP contribution in [0.1, 0.15) is 25.7 Å². The average Bonchev–Trinajstić information content (AvgIpc) is 1.50. The van der Waals surface area contributed by atoms with Crippen molar-refractivity contribution < 1.29 is 0 Å². The highest BCUT2D eigenvalue weighted by molar-refractivity contribution is 5.78. The van der Waals surface area contributed by atoms with Crippen LogP contribution in [0.3, 0.4) is 0 Å². The van der Waals surface area contributed by atoms with Crippen LogP contribution >= 0.6 is 0 Å². The fraction of sp³-hybridized carbons (Fsp3) is 0.857. The topological polar surface area (TPSA) is 49.9 Å². The summed E-state index contributed by atoms with van der Waals surface area (Å²) >= 11 is 0. The number of rotatable bonds is 2. The molecule has 0 aromatic carbocycles. The van der Waals surface area contributed by atoms with Crippen molar-refractivity contribution in [3.8, 4) is 0 Å². The van der Waals surface area contributed by atoms with Gasteiger partial charge in [0.1, 0.15) is 0 Å². The lowest BCUT2D eigenvalue weighted by Crippen LogP contribution is -2.53. The molecule has 9 heavy (non-hydrogen) atoms. The molecule has 0 atom stereocenters. The van der Waals surface area contributed by atoms with Crippen LogP contribution in [0.2, 0.25) is 0 Å². The van der Waals surface area contributed by atoms with Gasteiger partial charge in [0.2, 0.25) is 0 Å². The van der Waals surface area contributed by atoms with Crippen molar-refractivity contribution in [3.05, 3.63) is 0 Å². The van der Waals surface area contributed by atoms with E-state index >= 15 is 0 Å². The second-order valence-electron chi connectivity index (χ2n) is 3.68. The first-order chi connectivity index (χ1) is 4.20. The summed E-state index contributed by atoms with van der Waals surface area (Å²) in [5.74, 6) is 1.40. The highest BCUT2D eigenvalue weighted by Gasteiger charge is 2.56. The molecule has 3 aliphatic rings. The van der Waals surface area contributed by atoms with Crippen LogP contribution in [-0.4, -0.2) is 5.84 Å². The van der Waals surface area contributed by atoms with Crippen molar-refractivity contribution in [3.63, 3.8) is 0 Å². The zero-order valence-corrected chi connectivity index (χ0v) is 5.48. The number of nitrogens with one attached hydrogen (secondary N) is 1. The quantitative estimate of drug-likeness (QED) is 0.420. The maximum Gasteiger partial charge on any atom is 0.0910 e. The van der Waals surface area contributed by atoms with E-state index in [1.807, 2.05) is 0 Å². The van der Waals surface area contributed by atoms with E-state index in [-0.39, 0.29) is 0 Å². The normalized spacial score (nSPS) is 45.1. The summed E-state index contributed by atoms with van der Waals surface area (Å²) < 4.78 is 0. The molecule has 2 heteroatoms. The fourth-order valence-electron chi connectivity index (χ4n) is 2.28. The first-order valence-corrected chi connectivity index (χ1v) is 3.53. The summed E-state index contributed by atoms with van der Waals surface area (Å²) in [6, 6.07) is 0. The minimum Gasteiger partial charge on any atom is -0.388 e. The minimum atomic E-state index is 0.383. The van der Waals surface area contributed by atoms with E-state index in [9.17, 15) is 0 Å². The Labute approximate surface area is 54.9 Å².